The van der Waals surface area contributed by atoms with E-state index in [1.165, 1.54) is 12.0 Å². The van der Waals surface area contributed by atoms with Gasteiger partial charge in [-0.2, -0.15) is 18.2 Å². The molecule has 7 nitrogen and oxygen atoms in total. The summed E-state index contributed by atoms with van der Waals surface area (Å²) in [6.07, 6.45) is -4.63. The van der Waals surface area contributed by atoms with Crippen LogP contribution < -0.4 is 0 Å². The lowest BCUT2D eigenvalue weighted by atomic mass is 10.0. The van der Waals surface area contributed by atoms with Crippen LogP contribution in [0.3, 0.4) is 0 Å². The summed E-state index contributed by atoms with van der Waals surface area (Å²) in [7, 11) is 0. The topological polar surface area (TPSA) is 103 Å². The lowest BCUT2D eigenvalue weighted by molar-refractivity contribution is -0.222. The molecule has 0 bridgehead atoms. The number of rotatable bonds is 12. The van der Waals surface area contributed by atoms with Crippen molar-refractivity contribution in [1.29, 1.82) is 0 Å². The maximum Gasteiger partial charge on any atom is 0.426 e. The van der Waals surface area contributed by atoms with Crippen molar-refractivity contribution in [2.24, 2.45) is 0 Å². The van der Waals surface area contributed by atoms with Crippen molar-refractivity contribution in [2.75, 3.05) is 0 Å². The van der Waals surface area contributed by atoms with Crippen molar-refractivity contribution in [1.82, 2.24) is 10.1 Å². The first-order chi connectivity index (χ1) is 15.1. The third kappa shape index (κ3) is 8.16. The number of carbonyl (C=O) groups excluding carboxylic acids is 1. The molecule has 0 amide bonds. The minimum absolute atomic E-state index is 0.0140. The zero-order valence-electron chi connectivity index (χ0n) is 17.7. The molecule has 10 heteroatoms. The smallest absolute Gasteiger partial charge is 0.426 e. The molecule has 174 valence electrons. The van der Waals surface area contributed by atoms with Gasteiger partial charge in [-0.25, -0.2) is 4.79 Å². The van der Waals surface area contributed by atoms with E-state index in [0.717, 1.165) is 24.8 Å². The van der Waals surface area contributed by atoms with Gasteiger partial charge in [0.1, 0.15) is 0 Å². The highest BCUT2D eigenvalue weighted by molar-refractivity contribution is 5.88. The Morgan fingerprint density at radius 2 is 1.84 bits per heavy atom. The molecule has 0 aliphatic heterocycles. The zero-order chi connectivity index (χ0) is 23.7. The number of aryl methyl sites for hydroxylation is 1. The summed E-state index contributed by atoms with van der Waals surface area (Å²) in [5.41, 5.74) is 1.83. The number of alkyl halides is 3. The number of ether oxygens (including phenoxy) is 1. The highest BCUT2D eigenvalue weighted by Crippen LogP contribution is 2.26. The highest BCUT2D eigenvalue weighted by atomic mass is 19.4. The normalized spacial score (nSPS) is 12.4. The fourth-order valence-corrected chi connectivity index (χ4v) is 2.87. The minimum atomic E-state index is -5.02. The van der Waals surface area contributed by atoms with Crippen molar-refractivity contribution < 1.29 is 37.1 Å². The molecule has 1 aromatic heterocycles. The molecule has 0 aliphatic carbocycles. The number of carboxylic acids is 1. The Morgan fingerprint density at radius 1 is 1.19 bits per heavy atom. The van der Waals surface area contributed by atoms with Crippen molar-refractivity contribution in [3.63, 3.8) is 0 Å². The van der Waals surface area contributed by atoms with E-state index in [1.54, 1.807) is 0 Å². The molecule has 1 N–H and O–H groups in total. The molecule has 1 atom stereocenters. The molecule has 1 aromatic carbocycles. The molecular weight excluding hydrogens is 429 g/mol. The first-order valence-corrected chi connectivity index (χ1v) is 10.1. The fraction of sp³-hybridized carbons (Fsp3) is 0.455. The quantitative estimate of drug-likeness (QED) is 0.287. The van der Waals surface area contributed by atoms with Gasteiger partial charge in [-0.1, -0.05) is 55.8 Å². The van der Waals surface area contributed by atoms with E-state index in [4.69, 9.17) is 9.63 Å². The second-order valence-electron chi connectivity index (χ2n) is 7.37. The zero-order valence-corrected chi connectivity index (χ0v) is 17.7. The molecule has 0 saturated carbocycles. The molecule has 2 rings (SSSR count). The summed E-state index contributed by atoms with van der Waals surface area (Å²) in [4.78, 5) is 26.6. The van der Waals surface area contributed by atoms with E-state index in [0.29, 0.717) is 12.2 Å². The van der Waals surface area contributed by atoms with Gasteiger partial charge < -0.3 is 14.4 Å². The van der Waals surface area contributed by atoms with Crippen LogP contribution in [0.5, 0.6) is 0 Å². The minimum Gasteiger partial charge on any atom is -0.481 e. The number of halogens is 3. The Hall–Kier alpha value is -3.17. The van der Waals surface area contributed by atoms with Crippen LogP contribution in [-0.2, 0) is 33.6 Å². The molecule has 0 fully saturated rings. The van der Waals surface area contributed by atoms with Crippen molar-refractivity contribution in [3.05, 3.63) is 59.3 Å². The Morgan fingerprint density at radius 3 is 2.44 bits per heavy atom. The van der Waals surface area contributed by atoms with Gasteiger partial charge >= 0.3 is 18.1 Å². The summed E-state index contributed by atoms with van der Waals surface area (Å²) >= 11 is 0. The number of carboxylic acid groups (broad SMARTS) is 1. The molecular formula is C22H25F3N2O5. The van der Waals surface area contributed by atoms with Gasteiger partial charge in [0.05, 0.1) is 12.8 Å². The molecule has 0 unspecified atom stereocenters. The van der Waals surface area contributed by atoms with Gasteiger partial charge in [-0.3, -0.25) is 4.79 Å². The maximum absolute atomic E-state index is 12.8. The SMILES string of the molecule is C=C(Cc1nc(Cc2ccc(CCCCC)cc2)no1)C(=O)O[C@@H](CC(=O)O)C(F)(F)F. The summed E-state index contributed by atoms with van der Waals surface area (Å²) in [6.45, 7) is 5.53. The van der Waals surface area contributed by atoms with Gasteiger partial charge in [-0.15, -0.1) is 0 Å². The number of aromatic nitrogens is 2. The monoisotopic (exact) mass is 454 g/mol. The van der Waals surface area contributed by atoms with Crippen LogP contribution >= 0.6 is 0 Å². The lowest BCUT2D eigenvalue weighted by Crippen LogP contribution is -2.36. The van der Waals surface area contributed by atoms with Gasteiger partial charge in [-0.05, 0) is 24.0 Å². The van der Waals surface area contributed by atoms with E-state index < -0.39 is 30.6 Å². The van der Waals surface area contributed by atoms with Crippen LogP contribution in [-0.4, -0.2) is 39.5 Å². The van der Waals surface area contributed by atoms with Crippen LogP contribution in [0.2, 0.25) is 0 Å². The van der Waals surface area contributed by atoms with E-state index in [-0.39, 0.29) is 17.9 Å². The average molecular weight is 454 g/mol. The number of esters is 1. The van der Waals surface area contributed by atoms with Crippen LogP contribution in [0.25, 0.3) is 0 Å². The third-order valence-corrected chi connectivity index (χ3v) is 4.59. The predicted octanol–water partition coefficient (Wildman–Crippen LogP) is 4.44. The van der Waals surface area contributed by atoms with E-state index in [9.17, 15) is 22.8 Å². The fourth-order valence-electron chi connectivity index (χ4n) is 2.87. The number of nitrogens with zero attached hydrogens (tertiary/aromatic N) is 2. The molecule has 2 aromatic rings. The molecule has 0 saturated heterocycles. The Bertz CT molecular complexity index is 922. The van der Waals surface area contributed by atoms with Crippen molar-refractivity contribution >= 4 is 11.9 Å². The molecule has 1 heterocycles. The largest absolute Gasteiger partial charge is 0.481 e. The van der Waals surface area contributed by atoms with E-state index in [2.05, 4.69) is 28.4 Å². The summed E-state index contributed by atoms with van der Waals surface area (Å²) in [6, 6.07) is 8.01. The number of carbonyl (C=O) groups is 2. The molecule has 0 aliphatic rings. The molecule has 0 radical (unpaired) electrons. The van der Waals surface area contributed by atoms with Crippen LogP contribution in [0.15, 0.2) is 40.9 Å². The number of unbranched alkanes of at least 4 members (excludes halogenated alkanes) is 2. The van der Waals surface area contributed by atoms with Crippen LogP contribution in [0.1, 0.15) is 55.4 Å². The Balaban J connectivity index is 1.91. The molecule has 0 spiro atoms. The first-order valence-electron chi connectivity index (χ1n) is 10.1. The Labute approximate surface area is 183 Å². The lowest BCUT2D eigenvalue weighted by Gasteiger charge is -2.19. The van der Waals surface area contributed by atoms with Crippen LogP contribution in [0.4, 0.5) is 13.2 Å². The first kappa shape index (κ1) is 25.1. The van der Waals surface area contributed by atoms with Gasteiger partial charge in [0.25, 0.3) is 0 Å². The van der Waals surface area contributed by atoms with Gasteiger partial charge in [0.2, 0.25) is 12.0 Å². The third-order valence-electron chi connectivity index (χ3n) is 4.59. The standard InChI is InChI=1S/C22H25F3N2O5/c1-3-4-5-6-15-7-9-16(10-8-15)12-18-26-19(32-27-18)11-14(2)21(30)31-17(13-20(28)29)22(23,24)25/h7-10,17H,2-6,11-13H2,1H3,(H,28,29)/t17-/m0/s1. The van der Waals surface area contributed by atoms with Crippen molar-refractivity contribution in [2.45, 2.75) is 64.1 Å². The number of hydrogen-bond acceptors (Lipinski definition) is 6. The van der Waals surface area contributed by atoms with Gasteiger partial charge in [0, 0.05) is 12.0 Å². The summed E-state index contributed by atoms with van der Waals surface area (Å²) in [5.74, 6) is -2.80. The number of aliphatic carboxylic acids is 1. The summed E-state index contributed by atoms with van der Waals surface area (Å²) in [5, 5.41) is 12.4. The summed E-state index contributed by atoms with van der Waals surface area (Å²) < 4.78 is 47.8. The second-order valence-corrected chi connectivity index (χ2v) is 7.37. The van der Waals surface area contributed by atoms with Gasteiger partial charge in [0.15, 0.2) is 5.82 Å². The van der Waals surface area contributed by atoms with Crippen molar-refractivity contribution in [3.8, 4) is 0 Å². The highest BCUT2D eigenvalue weighted by Gasteiger charge is 2.44. The van der Waals surface area contributed by atoms with Crippen LogP contribution in [0, 0.1) is 0 Å². The number of hydrogen-bond donors (Lipinski definition) is 1. The average Bonchev–Trinajstić information content (AvgIpc) is 3.14. The maximum atomic E-state index is 12.8. The second kappa shape index (κ2) is 11.4. The Kier molecular flexibility index (Phi) is 8.98. The number of benzene rings is 1. The van der Waals surface area contributed by atoms with E-state index >= 15 is 0 Å². The predicted molar refractivity (Wildman–Crippen MR) is 108 cm³/mol. The molecule has 32 heavy (non-hydrogen) atoms. The van der Waals surface area contributed by atoms with E-state index in [1.807, 2.05) is 24.3 Å².